The summed E-state index contributed by atoms with van der Waals surface area (Å²) in [6, 6.07) is 3.45. The molecule has 42 heavy (non-hydrogen) atoms. The van der Waals surface area contributed by atoms with Crippen LogP contribution in [0.2, 0.25) is 0 Å². The topological polar surface area (TPSA) is 108 Å². The van der Waals surface area contributed by atoms with Gasteiger partial charge in [-0.15, -0.1) is 11.3 Å². The van der Waals surface area contributed by atoms with Gasteiger partial charge in [0.15, 0.2) is 11.6 Å². The molecule has 0 aliphatic carbocycles. The molecule has 1 atom stereocenters. The number of fused-ring (bicyclic) bond motifs is 1. The molecule has 3 aromatic heterocycles. The normalized spacial score (nSPS) is 15.8. The van der Waals surface area contributed by atoms with Crippen molar-refractivity contribution >= 4 is 40.0 Å². The minimum Gasteiger partial charge on any atom is -0.467 e. The van der Waals surface area contributed by atoms with Crippen LogP contribution in [0.3, 0.4) is 0 Å². The molecule has 1 amide bonds. The highest BCUT2D eigenvalue weighted by Gasteiger charge is 2.34. The number of nitrogens with zero attached hydrogens (tertiary/aromatic N) is 7. The van der Waals surface area contributed by atoms with Gasteiger partial charge >= 0.3 is 6.01 Å². The van der Waals surface area contributed by atoms with Gasteiger partial charge in [-0.05, 0) is 18.2 Å². The van der Waals surface area contributed by atoms with E-state index in [1.165, 1.54) is 24.4 Å². The summed E-state index contributed by atoms with van der Waals surface area (Å²) in [5, 5.41) is 11.4. The van der Waals surface area contributed by atoms with E-state index in [0.717, 1.165) is 35.6 Å². The van der Waals surface area contributed by atoms with E-state index in [2.05, 4.69) is 19.9 Å². The molecule has 15 heteroatoms. The van der Waals surface area contributed by atoms with Crippen molar-refractivity contribution in [2.45, 2.75) is 18.9 Å². The largest absolute Gasteiger partial charge is 0.467 e. The summed E-state index contributed by atoms with van der Waals surface area (Å²) < 4.78 is 77.1. The molecule has 1 fully saturated rings. The SMILES string of the molecule is COc1nc(N2CCN(C(=O)/C(F)=C/c3nccs3)C(CC#N)C2)c2cnc(-c3cc(F)ccc3C(F)F)c(F)c2n1. The first-order chi connectivity index (χ1) is 20.2. The highest BCUT2D eigenvalue weighted by atomic mass is 32.1. The van der Waals surface area contributed by atoms with Crippen molar-refractivity contribution in [1.82, 2.24) is 24.8 Å². The highest BCUT2D eigenvalue weighted by Crippen LogP contribution is 2.36. The van der Waals surface area contributed by atoms with Gasteiger partial charge in [-0.3, -0.25) is 9.78 Å². The van der Waals surface area contributed by atoms with Crippen LogP contribution >= 0.6 is 11.3 Å². The van der Waals surface area contributed by atoms with E-state index in [0.29, 0.717) is 5.01 Å². The Hall–Kier alpha value is -4.71. The predicted molar refractivity (Wildman–Crippen MR) is 143 cm³/mol. The van der Waals surface area contributed by atoms with Gasteiger partial charge in [0.1, 0.15) is 27.9 Å². The molecule has 1 aliphatic heterocycles. The van der Waals surface area contributed by atoms with Gasteiger partial charge < -0.3 is 14.5 Å². The van der Waals surface area contributed by atoms with E-state index in [1.54, 1.807) is 10.3 Å². The zero-order valence-electron chi connectivity index (χ0n) is 21.8. The number of amides is 1. The molecule has 0 bridgehead atoms. The Kier molecular flexibility index (Phi) is 8.25. The Balaban J connectivity index is 1.52. The number of alkyl halides is 2. The number of carbonyl (C=O) groups is 1. The summed E-state index contributed by atoms with van der Waals surface area (Å²) in [7, 11) is 1.25. The number of benzene rings is 1. The predicted octanol–water partition coefficient (Wildman–Crippen LogP) is 5.31. The summed E-state index contributed by atoms with van der Waals surface area (Å²) in [6.07, 6.45) is 0.512. The van der Waals surface area contributed by atoms with Crippen molar-refractivity contribution in [3.63, 3.8) is 0 Å². The number of aromatic nitrogens is 4. The van der Waals surface area contributed by atoms with Crippen molar-refractivity contribution in [2.24, 2.45) is 0 Å². The van der Waals surface area contributed by atoms with Crippen molar-refractivity contribution in [1.29, 1.82) is 5.26 Å². The molecule has 216 valence electrons. The Labute approximate surface area is 239 Å². The molecule has 0 saturated carbocycles. The van der Waals surface area contributed by atoms with Gasteiger partial charge in [-0.25, -0.2) is 26.9 Å². The first-order valence-electron chi connectivity index (χ1n) is 12.4. The molecule has 0 radical (unpaired) electrons. The van der Waals surface area contributed by atoms with Crippen molar-refractivity contribution < 1.29 is 31.5 Å². The fraction of sp³-hybridized carbons (Fsp3) is 0.259. The van der Waals surface area contributed by atoms with Crippen LogP contribution in [0.25, 0.3) is 28.2 Å². The molecular formula is C27H20F5N7O2S. The van der Waals surface area contributed by atoms with Crippen LogP contribution in [0.1, 0.15) is 23.4 Å². The molecule has 5 rings (SSSR count). The second-order valence-corrected chi connectivity index (χ2v) is 10.00. The Morgan fingerprint density at radius 3 is 2.76 bits per heavy atom. The van der Waals surface area contributed by atoms with E-state index in [4.69, 9.17) is 4.74 Å². The summed E-state index contributed by atoms with van der Waals surface area (Å²) in [5.74, 6) is -3.76. The zero-order chi connectivity index (χ0) is 30.0. The number of methoxy groups -OCH3 is 1. The van der Waals surface area contributed by atoms with Crippen LogP contribution in [0, 0.1) is 23.0 Å². The minimum atomic E-state index is -3.02. The minimum absolute atomic E-state index is 0.00679. The van der Waals surface area contributed by atoms with Gasteiger partial charge in [0, 0.05) is 54.6 Å². The molecule has 4 aromatic rings. The number of hydrogen-bond acceptors (Lipinski definition) is 9. The van der Waals surface area contributed by atoms with Crippen molar-refractivity contribution in [3.8, 4) is 23.3 Å². The number of ether oxygens (including phenoxy) is 1. The summed E-state index contributed by atoms with van der Waals surface area (Å²) in [4.78, 5) is 32.2. The summed E-state index contributed by atoms with van der Waals surface area (Å²) >= 11 is 1.15. The smallest absolute Gasteiger partial charge is 0.318 e. The van der Waals surface area contributed by atoms with Gasteiger partial charge in [-0.1, -0.05) is 0 Å². The quantitative estimate of drug-likeness (QED) is 0.207. The number of rotatable bonds is 7. The maximum atomic E-state index is 15.9. The lowest BCUT2D eigenvalue weighted by molar-refractivity contribution is -0.131. The van der Waals surface area contributed by atoms with Gasteiger partial charge in [0.05, 0.1) is 31.0 Å². The number of piperazine rings is 1. The first kappa shape index (κ1) is 28.8. The maximum absolute atomic E-state index is 15.9. The van der Waals surface area contributed by atoms with Gasteiger partial charge in [-0.2, -0.15) is 15.2 Å². The lowest BCUT2D eigenvalue weighted by atomic mass is 10.0. The molecule has 4 heterocycles. The Morgan fingerprint density at radius 2 is 2.07 bits per heavy atom. The third-order valence-electron chi connectivity index (χ3n) is 6.61. The number of pyridine rings is 1. The molecule has 1 unspecified atom stereocenters. The van der Waals surface area contributed by atoms with E-state index in [9.17, 15) is 27.6 Å². The third-order valence-corrected chi connectivity index (χ3v) is 7.33. The monoisotopic (exact) mass is 601 g/mol. The van der Waals surface area contributed by atoms with Crippen LogP contribution in [-0.2, 0) is 4.79 Å². The number of thiazole rings is 1. The number of anilines is 1. The molecule has 0 spiro atoms. The second-order valence-electron chi connectivity index (χ2n) is 9.07. The maximum Gasteiger partial charge on any atom is 0.318 e. The van der Waals surface area contributed by atoms with Crippen molar-refractivity contribution in [2.75, 3.05) is 31.6 Å². The Bertz CT molecular complexity index is 1710. The second kappa shape index (κ2) is 12.0. The third kappa shape index (κ3) is 5.57. The van der Waals surface area contributed by atoms with Crippen LogP contribution in [0.4, 0.5) is 27.8 Å². The fourth-order valence-electron chi connectivity index (χ4n) is 4.67. The lowest BCUT2D eigenvalue weighted by Crippen LogP contribution is -2.55. The molecule has 0 N–H and O–H groups in total. The molecule has 1 aliphatic rings. The van der Waals surface area contributed by atoms with E-state index in [1.807, 2.05) is 6.07 Å². The summed E-state index contributed by atoms with van der Waals surface area (Å²) in [6.45, 7) is 0.116. The fourth-order valence-corrected chi connectivity index (χ4v) is 5.23. The average Bonchev–Trinajstić information content (AvgIpc) is 3.49. The molecule has 9 nitrogen and oxygen atoms in total. The number of halogens is 5. The number of nitriles is 1. The van der Waals surface area contributed by atoms with Crippen LogP contribution in [0.5, 0.6) is 6.01 Å². The van der Waals surface area contributed by atoms with Crippen LogP contribution < -0.4 is 9.64 Å². The summed E-state index contributed by atoms with van der Waals surface area (Å²) in [5.41, 5.74) is -1.90. The average molecular weight is 602 g/mol. The van der Waals surface area contributed by atoms with Gasteiger partial charge in [0.2, 0.25) is 0 Å². The van der Waals surface area contributed by atoms with Crippen LogP contribution in [0.15, 0.2) is 41.8 Å². The molecular weight excluding hydrogens is 581 g/mol. The van der Waals surface area contributed by atoms with E-state index in [-0.39, 0.29) is 48.8 Å². The van der Waals surface area contributed by atoms with Gasteiger partial charge in [0.25, 0.3) is 12.3 Å². The standard InChI is InChI=1S/C27H20F5N7O2S/c1-41-27-36-23-18(12-35-22(21(23)30)17-10-14(28)2-3-16(17)24(31)32)25(37-27)38-7-8-39(15(13-38)4-5-33)26(40)19(29)11-20-34-6-9-42-20/h2-3,6,9-12,15,24H,4,7-8,13H2,1H3/b19-11-. The molecule has 1 saturated heterocycles. The zero-order valence-corrected chi connectivity index (χ0v) is 22.6. The lowest BCUT2D eigenvalue weighted by Gasteiger charge is -2.41. The van der Waals surface area contributed by atoms with Crippen LogP contribution in [-0.4, -0.2) is 63.5 Å². The first-order valence-corrected chi connectivity index (χ1v) is 13.3. The van der Waals surface area contributed by atoms with E-state index >= 15 is 4.39 Å². The van der Waals surface area contributed by atoms with E-state index < -0.39 is 52.7 Å². The highest BCUT2D eigenvalue weighted by molar-refractivity contribution is 7.10. The molecule has 1 aromatic carbocycles. The Morgan fingerprint density at radius 1 is 1.26 bits per heavy atom. The number of carbonyl (C=O) groups excluding carboxylic acids is 1. The van der Waals surface area contributed by atoms with Crippen molar-refractivity contribution in [3.05, 3.63) is 64.0 Å². The number of hydrogen-bond donors (Lipinski definition) is 0.